The van der Waals surface area contributed by atoms with Crippen molar-refractivity contribution in [2.45, 2.75) is 18.6 Å². The smallest absolute Gasteiger partial charge is 0.370 e. The summed E-state index contributed by atoms with van der Waals surface area (Å²) in [5.74, 6) is 5.27. The first-order valence-electron chi connectivity index (χ1n) is 5.26. The zero-order valence-electron chi connectivity index (χ0n) is 9.51. The number of alkyl halides is 3. The van der Waals surface area contributed by atoms with E-state index in [2.05, 4.69) is 10.2 Å². The van der Waals surface area contributed by atoms with E-state index in [9.17, 15) is 13.2 Å². The molecule has 18 heavy (non-hydrogen) atoms. The number of nitrogens with one attached hydrogen (secondary N) is 1. The molecule has 102 valence electrons. The quantitative estimate of drug-likeness (QED) is 0.622. The van der Waals surface area contributed by atoms with E-state index in [1.54, 1.807) is 24.3 Å². The highest BCUT2D eigenvalue weighted by Gasteiger charge is 2.27. The molecule has 7 heteroatoms. The maximum absolute atomic E-state index is 11.9. The summed E-state index contributed by atoms with van der Waals surface area (Å²) < 4.78 is 40.3. The van der Waals surface area contributed by atoms with Crippen molar-refractivity contribution >= 4 is 11.6 Å². The fraction of sp³-hybridized carbons (Fsp3) is 0.455. The van der Waals surface area contributed by atoms with Crippen LogP contribution in [0.2, 0.25) is 5.02 Å². The van der Waals surface area contributed by atoms with Crippen LogP contribution in [0.25, 0.3) is 0 Å². The molecule has 1 rings (SSSR count). The number of hydrogen-bond acceptors (Lipinski definition) is 3. The van der Waals surface area contributed by atoms with Crippen molar-refractivity contribution < 1.29 is 17.9 Å². The zero-order valence-corrected chi connectivity index (χ0v) is 10.3. The van der Waals surface area contributed by atoms with Crippen molar-refractivity contribution in [1.29, 1.82) is 0 Å². The molecule has 0 spiro atoms. The van der Waals surface area contributed by atoms with Crippen LogP contribution in [0.1, 0.15) is 5.56 Å². The Morgan fingerprint density at radius 1 is 1.33 bits per heavy atom. The lowest BCUT2D eigenvalue weighted by molar-refractivity contribution is -0.175. The maximum atomic E-state index is 11.9. The van der Waals surface area contributed by atoms with Gasteiger partial charge in [-0.2, -0.15) is 13.2 Å². The second-order valence-electron chi connectivity index (χ2n) is 3.79. The molecular weight excluding hydrogens is 269 g/mol. The maximum Gasteiger partial charge on any atom is 0.411 e. The molecule has 0 saturated carbocycles. The highest BCUT2D eigenvalue weighted by molar-refractivity contribution is 6.31. The molecule has 0 aromatic heterocycles. The fourth-order valence-corrected chi connectivity index (χ4v) is 1.63. The third kappa shape index (κ3) is 5.68. The molecule has 3 nitrogen and oxygen atoms in total. The zero-order chi connectivity index (χ0) is 13.6. The molecule has 0 aliphatic rings. The number of halogens is 4. The lowest BCUT2D eigenvalue weighted by Crippen LogP contribution is -2.41. The first-order valence-corrected chi connectivity index (χ1v) is 5.64. The van der Waals surface area contributed by atoms with Gasteiger partial charge in [0.2, 0.25) is 0 Å². The Bertz CT molecular complexity index is 374. The van der Waals surface area contributed by atoms with Gasteiger partial charge < -0.3 is 4.74 Å². The third-order valence-electron chi connectivity index (χ3n) is 2.24. The predicted molar refractivity (Wildman–Crippen MR) is 63.1 cm³/mol. The SMILES string of the molecule is NNC(COCC(F)(F)F)Cc1ccccc1Cl. The monoisotopic (exact) mass is 282 g/mol. The Morgan fingerprint density at radius 2 is 2.00 bits per heavy atom. The number of ether oxygens (including phenoxy) is 1. The molecular formula is C11H14ClF3N2O. The summed E-state index contributed by atoms with van der Waals surface area (Å²) in [5, 5.41) is 0.550. The standard InChI is InChI=1S/C11H14ClF3N2O/c12-10-4-2-1-3-8(10)5-9(17-16)6-18-7-11(13,14)15/h1-4,9,17H,5-7,16H2. The van der Waals surface area contributed by atoms with Gasteiger partial charge in [0, 0.05) is 11.1 Å². The van der Waals surface area contributed by atoms with Crippen molar-refractivity contribution in [3.8, 4) is 0 Å². The van der Waals surface area contributed by atoms with Gasteiger partial charge in [-0.05, 0) is 18.1 Å². The second-order valence-corrected chi connectivity index (χ2v) is 4.20. The Balaban J connectivity index is 2.45. The molecule has 0 aliphatic carbocycles. The van der Waals surface area contributed by atoms with Gasteiger partial charge in [0.05, 0.1) is 6.61 Å². The van der Waals surface area contributed by atoms with E-state index in [4.69, 9.17) is 17.4 Å². The van der Waals surface area contributed by atoms with Crippen molar-refractivity contribution in [1.82, 2.24) is 5.43 Å². The highest BCUT2D eigenvalue weighted by Crippen LogP contribution is 2.17. The van der Waals surface area contributed by atoms with Crippen LogP contribution in [-0.2, 0) is 11.2 Å². The Hall–Kier alpha value is -0.820. The topological polar surface area (TPSA) is 47.3 Å². The lowest BCUT2D eigenvalue weighted by atomic mass is 10.1. The van der Waals surface area contributed by atoms with E-state index in [-0.39, 0.29) is 6.61 Å². The van der Waals surface area contributed by atoms with E-state index < -0.39 is 18.8 Å². The molecule has 0 aliphatic heterocycles. The first-order chi connectivity index (χ1) is 8.42. The Labute approximate surface area is 108 Å². The van der Waals surface area contributed by atoms with Gasteiger partial charge in [-0.3, -0.25) is 11.3 Å². The van der Waals surface area contributed by atoms with Crippen LogP contribution < -0.4 is 11.3 Å². The van der Waals surface area contributed by atoms with E-state index in [0.29, 0.717) is 11.4 Å². The van der Waals surface area contributed by atoms with Crippen molar-refractivity contribution in [3.63, 3.8) is 0 Å². The minimum atomic E-state index is -4.33. The number of benzene rings is 1. The van der Waals surface area contributed by atoms with Gasteiger partial charge in [-0.1, -0.05) is 29.8 Å². The third-order valence-corrected chi connectivity index (χ3v) is 2.61. The van der Waals surface area contributed by atoms with Gasteiger partial charge in [-0.15, -0.1) is 0 Å². The Morgan fingerprint density at radius 3 is 2.56 bits per heavy atom. The minimum Gasteiger partial charge on any atom is -0.370 e. The predicted octanol–water partition coefficient (Wildman–Crippen LogP) is 2.29. The van der Waals surface area contributed by atoms with Crippen LogP contribution in [0.15, 0.2) is 24.3 Å². The van der Waals surface area contributed by atoms with E-state index in [1.165, 1.54) is 0 Å². The number of nitrogens with two attached hydrogens (primary N) is 1. The van der Waals surface area contributed by atoms with Gasteiger partial charge >= 0.3 is 6.18 Å². The van der Waals surface area contributed by atoms with Crippen molar-refractivity contribution in [2.24, 2.45) is 5.84 Å². The molecule has 0 saturated heterocycles. The van der Waals surface area contributed by atoms with Crippen LogP contribution >= 0.6 is 11.6 Å². The summed E-state index contributed by atoms with van der Waals surface area (Å²) >= 11 is 5.94. The molecule has 1 unspecified atom stereocenters. The average molecular weight is 283 g/mol. The molecule has 0 bridgehead atoms. The van der Waals surface area contributed by atoms with Crippen LogP contribution in [0, 0.1) is 0 Å². The summed E-state index contributed by atoms with van der Waals surface area (Å²) in [6, 6.07) is 6.65. The van der Waals surface area contributed by atoms with Crippen LogP contribution in [-0.4, -0.2) is 25.4 Å². The molecule has 0 radical (unpaired) electrons. The Kier molecular flexibility index (Phi) is 5.87. The summed E-state index contributed by atoms with van der Waals surface area (Å²) in [6.07, 6.45) is -3.93. The van der Waals surface area contributed by atoms with E-state index >= 15 is 0 Å². The van der Waals surface area contributed by atoms with Crippen LogP contribution in [0.3, 0.4) is 0 Å². The van der Waals surface area contributed by atoms with E-state index in [1.807, 2.05) is 0 Å². The largest absolute Gasteiger partial charge is 0.411 e. The van der Waals surface area contributed by atoms with Gasteiger partial charge in [0.15, 0.2) is 0 Å². The van der Waals surface area contributed by atoms with Crippen molar-refractivity contribution in [2.75, 3.05) is 13.2 Å². The van der Waals surface area contributed by atoms with Gasteiger partial charge in [0.1, 0.15) is 6.61 Å². The molecule has 0 amide bonds. The van der Waals surface area contributed by atoms with Gasteiger partial charge in [-0.25, -0.2) is 0 Å². The van der Waals surface area contributed by atoms with Gasteiger partial charge in [0.25, 0.3) is 0 Å². The molecule has 0 heterocycles. The molecule has 1 aromatic carbocycles. The normalized spacial score (nSPS) is 13.6. The average Bonchev–Trinajstić information content (AvgIpc) is 2.29. The van der Waals surface area contributed by atoms with Crippen molar-refractivity contribution in [3.05, 3.63) is 34.9 Å². The molecule has 1 atom stereocenters. The number of hydrazine groups is 1. The van der Waals surface area contributed by atoms with Crippen LogP contribution in [0.5, 0.6) is 0 Å². The highest BCUT2D eigenvalue weighted by atomic mass is 35.5. The lowest BCUT2D eigenvalue weighted by Gasteiger charge is -2.17. The summed E-state index contributed by atoms with van der Waals surface area (Å²) in [4.78, 5) is 0. The number of hydrogen-bond donors (Lipinski definition) is 2. The summed E-state index contributed by atoms with van der Waals surface area (Å²) in [7, 11) is 0. The first kappa shape index (κ1) is 15.2. The molecule has 1 aromatic rings. The van der Waals surface area contributed by atoms with E-state index in [0.717, 1.165) is 5.56 Å². The number of rotatable bonds is 6. The second kappa shape index (κ2) is 6.94. The molecule has 0 fully saturated rings. The summed E-state index contributed by atoms with van der Waals surface area (Å²) in [5.41, 5.74) is 3.22. The molecule has 3 N–H and O–H groups in total. The minimum absolute atomic E-state index is 0.138. The van der Waals surface area contributed by atoms with Crippen LogP contribution in [0.4, 0.5) is 13.2 Å². The summed E-state index contributed by atoms with van der Waals surface area (Å²) in [6.45, 7) is -1.42. The fourth-order valence-electron chi connectivity index (χ4n) is 1.41.